The Balaban J connectivity index is 1.70. The molecule has 1 aliphatic rings. The van der Waals surface area contributed by atoms with E-state index in [4.69, 9.17) is 21.1 Å². The van der Waals surface area contributed by atoms with E-state index in [9.17, 15) is 14.3 Å². The van der Waals surface area contributed by atoms with Crippen molar-refractivity contribution >= 4 is 39.9 Å². The van der Waals surface area contributed by atoms with E-state index in [1.165, 1.54) is 31.6 Å². The Bertz CT molecular complexity index is 1270. The Kier molecular flexibility index (Phi) is 6.33. The molecule has 1 fully saturated rings. The molecule has 34 heavy (non-hydrogen) atoms. The third-order valence-corrected chi connectivity index (χ3v) is 5.81. The zero-order valence-electron chi connectivity index (χ0n) is 18.9. The van der Waals surface area contributed by atoms with E-state index in [1.54, 1.807) is 30.9 Å². The van der Waals surface area contributed by atoms with Crippen molar-refractivity contribution < 1.29 is 23.8 Å². The Hall–Kier alpha value is -3.43. The van der Waals surface area contributed by atoms with Crippen LogP contribution in [0.2, 0.25) is 5.02 Å². The van der Waals surface area contributed by atoms with E-state index >= 15 is 0 Å². The van der Waals surface area contributed by atoms with Crippen molar-refractivity contribution in [2.75, 3.05) is 25.5 Å². The predicted octanol–water partition coefficient (Wildman–Crippen LogP) is 4.18. The lowest BCUT2D eigenvalue weighted by molar-refractivity contribution is -0.134. The molecule has 1 saturated heterocycles. The van der Waals surface area contributed by atoms with Gasteiger partial charge < -0.3 is 24.8 Å². The number of aliphatic hydroxyl groups is 1. The van der Waals surface area contributed by atoms with Gasteiger partial charge in [0.25, 0.3) is 0 Å². The monoisotopic (exact) mass is 486 g/mol. The normalized spacial score (nSPS) is 14.0. The third kappa shape index (κ3) is 4.62. The van der Waals surface area contributed by atoms with Crippen LogP contribution < -0.4 is 14.8 Å². The van der Waals surface area contributed by atoms with Crippen molar-refractivity contribution in [2.45, 2.75) is 25.6 Å². The van der Waals surface area contributed by atoms with Crippen molar-refractivity contribution in [2.24, 2.45) is 0 Å². The molecule has 0 unspecified atom stereocenters. The Morgan fingerprint density at radius 2 is 2.03 bits per heavy atom. The van der Waals surface area contributed by atoms with Crippen LogP contribution in [-0.2, 0) is 10.4 Å². The molecular formula is C24H24ClFN4O4. The van der Waals surface area contributed by atoms with Crippen molar-refractivity contribution in [3.05, 3.63) is 59.7 Å². The van der Waals surface area contributed by atoms with Gasteiger partial charge in [-0.25, -0.2) is 14.4 Å². The Labute approximate surface area is 201 Å². The number of carbonyl (C=O) groups excluding carboxylic acids is 1. The topological polar surface area (TPSA) is 96.8 Å². The van der Waals surface area contributed by atoms with E-state index < -0.39 is 11.4 Å². The smallest absolute Gasteiger partial charge is 0.246 e. The Morgan fingerprint density at radius 1 is 1.29 bits per heavy atom. The number of nitrogens with one attached hydrogen (secondary N) is 1. The van der Waals surface area contributed by atoms with Crippen LogP contribution in [0, 0.1) is 5.82 Å². The number of nitrogens with zero attached hydrogens (tertiary/aromatic N) is 3. The van der Waals surface area contributed by atoms with Gasteiger partial charge in [0, 0.05) is 22.7 Å². The van der Waals surface area contributed by atoms with Gasteiger partial charge in [-0.2, -0.15) is 0 Å². The maximum absolute atomic E-state index is 14.1. The van der Waals surface area contributed by atoms with Gasteiger partial charge in [0.05, 0.1) is 36.3 Å². The number of fused-ring (bicyclic) bond motifs is 1. The molecule has 178 valence electrons. The van der Waals surface area contributed by atoms with Crippen molar-refractivity contribution in [1.29, 1.82) is 0 Å². The molecule has 1 amide bonds. The molecule has 2 aromatic carbocycles. The molecule has 10 heteroatoms. The number of rotatable bonds is 7. The molecule has 1 aromatic heterocycles. The van der Waals surface area contributed by atoms with Crippen LogP contribution in [-0.4, -0.2) is 52.2 Å². The van der Waals surface area contributed by atoms with Crippen molar-refractivity contribution in [3.8, 4) is 11.5 Å². The van der Waals surface area contributed by atoms with Gasteiger partial charge in [0.1, 0.15) is 24.1 Å². The molecule has 1 aliphatic heterocycles. The number of anilines is 2. The predicted molar refractivity (Wildman–Crippen MR) is 127 cm³/mol. The third-order valence-electron chi connectivity index (χ3n) is 5.52. The first-order chi connectivity index (χ1) is 16.1. The van der Waals surface area contributed by atoms with E-state index in [2.05, 4.69) is 21.9 Å². The van der Waals surface area contributed by atoms with Gasteiger partial charge in [-0.05, 0) is 38.1 Å². The van der Waals surface area contributed by atoms with Crippen LogP contribution in [0.4, 0.5) is 15.9 Å². The summed E-state index contributed by atoms with van der Waals surface area (Å²) >= 11 is 6.01. The highest BCUT2D eigenvalue weighted by Gasteiger charge is 2.32. The van der Waals surface area contributed by atoms with Crippen molar-refractivity contribution in [1.82, 2.24) is 14.9 Å². The fourth-order valence-electron chi connectivity index (χ4n) is 3.70. The second-order valence-electron chi connectivity index (χ2n) is 8.43. The lowest BCUT2D eigenvalue weighted by Crippen LogP contribution is -2.55. The van der Waals surface area contributed by atoms with E-state index in [0.29, 0.717) is 52.6 Å². The molecule has 0 bridgehead atoms. The van der Waals surface area contributed by atoms with Gasteiger partial charge in [0.15, 0.2) is 11.5 Å². The first kappa shape index (κ1) is 23.7. The summed E-state index contributed by atoms with van der Waals surface area (Å²) in [5.74, 6) is 0.561. The quantitative estimate of drug-likeness (QED) is 0.483. The lowest BCUT2D eigenvalue weighted by atomic mass is 9.96. The summed E-state index contributed by atoms with van der Waals surface area (Å²) < 4.78 is 25.7. The fraction of sp³-hybridized carbons (Fsp3) is 0.292. The first-order valence-electron chi connectivity index (χ1n) is 10.5. The molecular weight excluding hydrogens is 463 g/mol. The SMILES string of the molecule is C=CC(=O)N1CC(Oc2cc3c(Nc4cc(Cl)c(F)cc4C(C)(C)O)ncnc3cc2OC)C1. The average molecular weight is 487 g/mol. The molecule has 4 rings (SSSR count). The molecule has 0 aliphatic carbocycles. The second-order valence-corrected chi connectivity index (χ2v) is 8.83. The number of amides is 1. The molecule has 8 nitrogen and oxygen atoms in total. The molecule has 0 saturated carbocycles. The largest absolute Gasteiger partial charge is 0.493 e. The minimum absolute atomic E-state index is 0.0943. The fourth-order valence-corrected chi connectivity index (χ4v) is 3.86. The molecule has 0 radical (unpaired) electrons. The minimum Gasteiger partial charge on any atom is -0.493 e. The molecule has 2 heterocycles. The average Bonchev–Trinajstić information content (AvgIpc) is 2.76. The summed E-state index contributed by atoms with van der Waals surface area (Å²) in [7, 11) is 1.53. The maximum Gasteiger partial charge on any atom is 0.246 e. The number of likely N-dealkylation sites (tertiary alicyclic amines) is 1. The van der Waals surface area contributed by atoms with Crippen LogP contribution in [0.5, 0.6) is 11.5 Å². The van der Waals surface area contributed by atoms with Crippen LogP contribution in [0.15, 0.2) is 43.2 Å². The van der Waals surface area contributed by atoms with Gasteiger partial charge in [0.2, 0.25) is 5.91 Å². The van der Waals surface area contributed by atoms with Gasteiger partial charge in [-0.15, -0.1) is 0 Å². The summed E-state index contributed by atoms with van der Waals surface area (Å²) in [6, 6.07) is 6.05. The van der Waals surface area contributed by atoms with Crippen LogP contribution in [0.3, 0.4) is 0 Å². The number of aromatic nitrogens is 2. The molecule has 0 atom stereocenters. The molecule has 3 aromatic rings. The summed E-state index contributed by atoms with van der Waals surface area (Å²) in [5.41, 5.74) is -0.0494. The number of carbonyl (C=O) groups is 1. The van der Waals surface area contributed by atoms with E-state index in [0.717, 1.165) is 0 Å². The van der Waals surface area contributed by atoms with E-state index in [-0.39, 0.29) is 17.0 Å². The minimum atomic E-state index is -1.34. The summed E-state index contributed by atoms with van der Waals surface area (Å²) in [6.45, 7) is 7.46. The number of methoxy groups -OCH3 is 1. The summed E-state index contributed by atoms with van der Waals surface area (Å²) in [6.07, 6.45) is 2.45. The summed E-state index contributed by atoms with van der Waals surface area (Å²) in [5, 5.41) is 14.2. The first-order valence-corrected chi connectivity index (χ1v) is 10.9. The van der Waals surface area contributed by atoms with Crippen LogP contribution in [0.25, 0.3) is 10.9 Å². The molecule has 0 spiro atoms. The zero-order chi connectivity index (χ0) is 24.6. The number of halogens is 2. The molecule has 2 N–H and O–H groups in total. The van der Waals surface area contributed by atoms with E-state index in [1.807, 2.05) is 0 Å². The number of benzene rings is 2. The Morgan fingerprint density at radius 3 is 2.68 bits per heavy atom. The van der Waals surface area contributed by atoms with Gasteiger partial charge in [-0.1, -0.05) is 18.2 Å². The standard InChI is InChI=1S/C24H24ClFN4O4/c1-5-22(31)30-10-13(11-30)34-21-6-14-18(9-20(21)33-4)27-12-28-23(14)29-19-8-16(25)17(26)7-15(19)24(2,3)32/h5-9,12-13,32H,1,10-11H2,2-4H3,(H,27,28,29). The highest BCUT2D eigenvalue weighted by Crippen LogP contribution is 2.38. The van der Waals surface area contributed by atoms with Gasteiger partial charge in [-0.3, -0.25) is 4.79 Å². The van der Waals surface area contributed by atoms with Crippen LogP contribution in [0.1, 0.15) is 19.4 Å². The number of ether oxygens (including phenoxy) is 2. The number of hydrogen-bond acceptors (Lipinski definition) is 7. The summed E-state index contributed by atoms with van der Waals surface area (Å²) in [4.78, 5) is 22.0. The maximum atomic E-state index is 14.1. The van der Waals surface area contributed by atoms with Crippen LogP contribution >= 0.6 is 11.6 Å². The lowest BCUT2D eigenvalue weighted by Gasteiger charge is -2.38. The number of hydrogen-bond donors (Lipinski definition) is 2. The zero-order valence-corrected chi connectivity index (χ0v) is 19.7. The highest BCUT2D eigenvalue weighted by molar-refractivity contribution is 6.31. The van der Waals surface area contributed by atoms with Gasteiger partial charge >= 0.3 is 0 Å². The second kappa shape index (κ2) is 9.08. The van der Waals surface area contributed by atoms with Crippen molar-refractivity contribution in [3.63, 3.8) is 0 Å². The highest BCUT2D eigenvalue weighted by atomic mass is 35.5.